The summed E-state index contributed by atoms with van der Waals surface area (Å²) in [5, 5.41) is 14.3. The lowest BCUT2D eigenvalue weighted by Crippen LogP contribution is -2.35. The van der Waals surface area contributed by atoms with E-state index in [1.807, 2.05) is 0 Å². The number of anilines is 3. The van der Waals surface area contributed by atoms with Crippen molar-refractivity contribution in [2.24, 2.45) is 5.92 Å². The van der Waals surface area contributed by atoms with Crippen LogP contribution in [0.2, 0.25) is 0 Å². The molecule has 244 valence electrons. The molecule has 2 amide bonds. The fraction of sp³-hybridized carbons (Fsp3) is 0.182. The molecule has 0 spiro atoms. The first kappa shape index (κ1) is 33.0. The molecular weight excluding hydrogens is 635 g/mol. The van der Waals surface area contributed by atoms with Gasteiger partial charge in [-0.25, -0.2) is 4.39 Å². The predicted octanol–water partition coefficient (Wildman–Crippen LogP) is 7.55. The van der Waals surface area contributed by atoms with Crippen molar-refractivity contribution in [3.05, 3.63) is 101 Å². The van der Waals surface area contributed by atoms with Gasteiger partial charge in [-0.1, -0.05) is 24.3 Å². The van der Waals surface area contributed by atoms with Crippen LogP contribution in [0.5, 0.6) is 0 Å². The molecule has 14 heteroatoms. The van der Waals surface area contributed by atoms with Crippen molar-refractivity contribution in [3.8, 4) is 22.3 Å². The van der Waals surface area contributed by atoms with Gasteiger partial charge in [0.2, 0.25) is 11.8 Å². The van der Waals surface area contributed by atoms with Crippen LogP contribution in [0.3, 0.4) is 0 Å². The Labute approximate surface area is 262 Å². The third-order valence-corrected chi connectivity index (χ3v) is 7.69. The van der Waals surface area contributed by atoms with E-state index in [4.69, 9.17) is 10.8 Å². The Balaban J connectivity index is 0.000000185. The minimum Gasteiger partial charge on any atom is -0.481 e. The number of fused-ring (bicyclic) bond motifs is 2. The number of alkyl halides is 6. The average molecular weight is 660 g/mol. The number of benzene rings is 4. The van der Waals surface area contributed by atoms with Gasteiger partial charge in [0.25, 0.3) is 0 Å². The number of aryl methyl sites for hydroxylation is 1. The zero-order valence-electron chi connectivity index (χ0n) is 24.0. The lowest BCUT2D eigenvalue weighted by Gasteiger charge is -2.22. The highest BCUT2D eigenvalue weighted by molar-refractivity contribution is 6.06. The Morgan fingerprint density at radius 3 is 1.98 bits per heavy atom. The molecule has 4 aromatic rings. The number of nitrogens with one attached hydrogen (secondary N) is 2. The van der Waals surface area contributed by atoms with E-state index in [0.717, 1.165) is 23.8 Å². The van der Waals surface area contributed by atoms with E-state index in [-0.39, 0.29) is 12.3 Å². The van der Waals surface area contributed by atoms with Gasteiger partial charge in [0.15, 0.2) is 0 Å². The number of carbonyl (C=O) groups is 3. The Bertz CT molecular complexity index is 1890. The van der Waals surface area contributed by atoms with E-state index < -0.39 is 47.1 Å². The number of carboxylic acid groups (broad SMARTS) is 1. The van der Waals surface area contributed by atoms with Gasteiger partial charge in [-0.05, 0) is 94.8 Å². The van der Waals surface area contributed by atoms with Gasteiger partial charge in [0.05, 0.1) is 22.5 Å². The first-order chi connectivity index (χ1) is 22.0. The fourth-order valence-electron chi connectivity index (χ4n) is 5.27. The van der Waals surface area contributed by atoms with Gasteiger partial charge in [0, 0.05) is 12.1 Å². The molecule has 0 aromatic heterocycles. The average Bonchev–Trinajstić information content (AvgIpc) is 3.00. The Kier molecular flexibility index (Phi) is 8.71. The number of rotatable bonds is 3. The van der Waals surface area contributed by atoms with Crippen LogP contribution in [0.25, 0.3) is 22.3 Å². The lowest BCUT2D eigenvalue weighted by molar-refractivity contribution is -0.146. The van der Waals surface area contributed by atoms with Crippen LogP contribution in [0.15, 0.2) is 72.8 Å². The number of nitrogen functional groups attached to an aromatic ring is 1. The SMILES string of the molecule is Nc1cc(-c2ccc(C(F)(F)F)c(F)c2)cc2c1NC(=O)CC2.O=C(O)C1Cc2cc(-c3ccc(C(F)(F)F)cc3)ccc2NC1=O. The molecule has 1 atom stereocenters. The maximum atomic E-state index is 13.7. The second-order valence-corrected chi connectivity index (χ2v) is 10.9. The van der Waals surface area contributed by atoms with E-state index in [1.165, 1.54) is 24.3 Å². The Hall–Kier alpha value is -5.40. The molecule has 5 N–H and O–H groups in total. The second-order valence-electron chi connectivity index (χ2n) is 10.9. The summed E-state index contributed by atoms with van der Waals surface area (Å²) >= 11 is 0. The normalized spacial score (nSPS) is 15.8. The predicted molar refractivity (Wildman–Crippen MR) is 159 cm³/mol. The summed E-state index contributed by atoms with van der Waals surface area (Å²) in [5.74, 6) is -4.42. The first-order valence-corrected chi connectivity index (χ1v) is 13.9. The maximum absolute atomic E-state index is 13.7. The third kappa shape index (κ3) is 7.21. The van der Waals surface area contributed by atoms with Crippen molar-refractivity contribution in [2.75, 3.05) is 16.4 Å². The van der Waals surface area contributed by atoms with Crippen molar-refractivity contribution in [2.45, 2.75) is 31.6 Å². The smallest absolute Gasteiger partial charge is 0.419 e. The Morgan fingerprint density at radius 1 is 0.745 bits per heavy atom. The van der Waals surface area contributed by atoms with Crippen LogP contribution in [-0.4, -0.2) is 22.9 Å². The molecule has 0 saturated carbocycles. The van der Waals surface area contributed by atoms with E-state index in [2.05, 4.69) is 10.6 Å². The van der Waals surface area contributed by atoms with Gasteiger partial charge in [0.1, 0.15) is 11.7 Å². The van der Waals surface area contributed by atoms with Crippen LogP contribution in [0.4, 0.5) is 47.8 Å². The summed E-state index contributed by atoms with van der Waals surface area (Å²) in [5.41, 5.74) is 8.63. The monoisotopic (exact) mass is 659 g/mol. The molecule has 7 nitrogen and oxygen atoms in total. The molecule has 6 rings (SSSR count). The van der Waals surface area contributed by atoms with Gasteiger partial charge >= 0.3 is 18.3 Å². The topological polar surface area (TPSA) is 122 Å². The summed E-state index contributed by atoms with van der Waals surface area (Å²) in [7, 11) is 0. The molecule has 0 bridgehead atoms. The van der Waals surface area contributed by atoms with Crippen LogP contribution < -0.4 is 16.4 Å². The molecule has 0 aliphatic carbocycles. The number of halogens is 7. The first-order valence-electron chi connectivity index (χ1n) is 13.9. The van der Waals surface area contributed by atoms with E-state index >= 15 is 0 Å². The molecule has 1 unspecified atom stereocenters. The number of nitrogens with two attached hydrogens (primary N) is 1. The van der Waals surface area contributed by atoms with Crippen molar-refractivity contribution >= 4 is 34.8 Å². The molecule has 2 aliphatic heterocycles. The van der Waals surface area contributed by atoms with Crippen molar-refractivity contribution in [3.63, 3.8) is 0 Å². The van der Waals surface area contributed by atoms with Gasteiger partial charge < -0.3 is 21.5 Å². The van der Waals surface area contributed by atoms with Crippen molar-refractivity contribution in [1.82, 2.24) is 0 Å². The molecule has 0 saturated heterocycles. The van der Waals surface area contributed by atoms with Crippen LogP contribution >= 0.6 is 0 Å². The van der Waals surface area contributed by atoms with Gasteiger partial charge in [-0.2, -0.15) is 26.3 Å². The molecule has 2 heterocycles. The standard InChI is InChI=1S/C17H12F3NO3.C16H12F4N2O/c18-17(19,20)12-4-1-9(2-5-12)10-3-6-14-11(7-10)8-13(16(23)24)15(22)21-14;17-12-6-8(1-3-11(12)16(18,19)20)10-5-9-2-4-14(23)22-15(9)13(21)7-10/h1-7,13H,8H2,(H,21,22)(H,23,24);1,3,5-7H,2,4,21H2,(H,22,23). The zero-order chi connectivity index (χ0) is 34.3. The summed E-state index contributed by atoms with van der Waals surface area (Å²) in [6.45, 7) is 0. The molecule has 4 aromatic carbocycles. The van der Waals surface area contributed by atoms with Crippen LogP contribution in [-0.2, 0) is 39.6 Å². The van der Waals surface area contributed by atoms with E-state index in [9.17, 15) is 45.1 Å². The molecule has 0 radical (unpaired) electrons. The minimum absolute atomic E-state index is 0.0466. The van der Waals surface area contributed by atoms with Crippen LogP contribution in [0, 0.1) is 11.7 Å². The van der Waals surface area contributed by atoms with E-state index in [1.54, 1.807) is 24.3 Å². The quantitative estimate of drug-likeness (QED) is 0.103. The highest BCUT2D eigenvalue weighted by Crippen LogP contribution is 2.37. The zero-order valence-corrected chi connectivity index (χ0v) is 24.0. The summed E-state index contributed by atoms with van der Waals surface area (Å²) in [6.07, 6.45) is -8.31. The van der Waals surface area contributed by atoms with Gasteiger partial charge in [-0.15, -0.1) is 0 Å². The number of carbonyl (C=O) groups excluding carboxylic acids is 2. The summed E-state index contributed by atoms with van der Waals surface area (Å²) in [4.78, 5) is 34.2. The largest absolute Gasteiger partial charge is 0.481 e. The summed E-state index contributed by atoms with van der Waals surface area (Å²) < 4.78 is 89.4. The van der Waals surface area contributed by atoms with Crippen molar-refractivity contribution < 1.29 is 50.2 Å². The number of aliphatic carboxylic acids is 1. The molecule has 2 aliphatic rings. The number of carboxylic acids is 1. The highest BCUT2D eigenvalue weighted by Gasteiger charge is 2.34. The van der Waals surface area contributed by atoms with Gasteiger partial charge in [-0.3, -0.25) is 14.4 Å². The Morgan fingerprint density at radius 2 is 1.36 bits per heavy atom. The third-order valence-electron chi connectivity index (χ3n) is 7.69. The molecular formula is C33H24F7N3O4. The molecule has 47 heavy (non-hydrogen) atoms. The number of amides is 2. The van der Waals surface area contributed by atoms with E-state index in [0.29, 0.717) is 63.8 Å². The van der Waals surface area contributed by atoms with Crippen molar-refractivity contribution in [1.29, 1.82) is 0 Å². The van der Waals surface area contributed by atoms with Crippen LogP contribution in [0.1, 0.15) is 28.7 Å². The second kappa shape index (κ2) is 12.4. The molecule has 0 fully saturated rings. The summed E-state index contributed by atoms with van der Waals surface area (Å²) in [6, 6.07) is 15.7. The lowest BCUT2D eigenvalue weighted by atomic mass is 9.90. The minimum atomic E-state index is -4.73. The number of hydrogen-bond acceptors (Lipinski definition) is 4. The fourth-order valence-corrected chi connectivity index (χ4v) is 5.27. The number of hydrogen-bond donors (Lipinski definition) is 4. The highest BCUT2D eigenvalue weighted by atomic mass is 19.4. The maximum Gasteiger partial charge on any atom is 0.419 e.